The summed E-state index contributed by atoms with van der Waals surface area (Å²) in [6.07, 6.45) is 0.479. The van der Waals surface area contributed by atoms with Gasteiger partial charge in [0.15, 0.2) is 0 Å². The van der Waals surface area contributed by atoms with Gasteiger partial charge in [0, 0.05) is 11.4 Å². The molecule has 23 heavy (non-hydrogen) atoms. The number of hydrogen-bond donors (Lipinski definition) is 1. The second kappa shape index (κ2) is 7.09. The number of ether oxygens (including phenoxy) is 1. The Labute approximate surface area is 135 Å². The van der Waals surface area contributed by atoms with E-state index in [9.17, 15) is 9.59 Å². The zero-order chi connectivity index (χ0) is 17.0. The van der Waals surface area contributed by atoms with E-state index in [4.69, 9.17) is 4.74 Å². The number of methoxy groups -OCH3 is 1. The predicted molar refractivity (Wildman–Crippen MR) is 88.9 cm³/mol. The normalized spacial score (nSPS) is 11.8. The van der Waals surface area contributed by atoms with Crippen molar-refractivity contribution in [2.24, 2.45) is 0 Å². The smallest absolute Gasteiger partial charge is 0.348 e. The first-order valence-corrected chi connectivity index (χ1v) is 7.48. The van der Waals surface area contributed by atoms with Crippen LogP contribution in [-0.2, 0) is 4.79 Å². The molecule has 1 N–H and O–H groups in total. The number of aromatic nitrogens is 2. The van der Waals surface area contributed by atoms with Gasteiger partial charge >= 0.3 is 5.69 Å². The number of benzene rings is 1. The van der Waals surface area contributed by atoms with Crippen molar-refractivity contribution in [1.82, 2.24) is 9.55 Å². The van der Waals surface area contributed by atoms with E-state index in [0.29, 0.717) is 29.2 Å². The Kier molecular flexibility index (Phi) is 5.16. The van der Waals surface area contributed by atoms with Crippen LogP contribution in [-0.4, -0.2) is 22.6 Å². The first-order chi connectivity index (χ1) is 11.0. The molecule has 0 aliphatic heterocycles. The number of amides is 1. The Bertz CT molecular complexity index is 768. The minimum absolute atomic E-state index is 0.271. The highest BCUT2D eigenvalue weighted by atomic mass is 16.5. The predicted octanol–water partition coefficient (Wildman–Crippen LogP) is 2.46. The minimum Gasteiger partial charge on any atom is -0.495 e. The fourth-order valence-electron chi connectivity index (χ4n) is 2.59. The average Bonchev–Trinajstić information content (AvgIpc) is 2.51. The van der Waals surface area contributed by atoms with Crippen molar-refractivity contribution in [3.05, 3.63) is 52.2 Å². The Morgan fingerprint density at radius 1 is 1.35 bits per heavy atom. The number of aryl methyl sites for hydroxylation is 2. The summed E-state index contributed by atoms with van der Waals surface area (Å²) in [5.74, 6) is 0.301. The van der Waals surface area contributed by atoms with Gasteiger partial charge in [-0.1, -0.05) is 19.1 Å². The molecule has 0 radical (unpaired) electrons. The molecule has 1 aromatic carbocycles. The minimum atomic E-state index is -0.625. The van der Waals surface area contributed by atoms with Crippen LogP contribution in [0.25, 0.3) is 0 Å². The maximum Gasteiger partial charge on any atom is 0.348 e. The van der Waals surface area contributed by atoms with Crippen LogP contribution in [0.1, 0.15) is 30.8 Å². The van der Waals surface area contributed by atoms with Gasteiger partial charge < -0.3 is 10.1 Å². The summed E-state index contributed by atoms with van der Waals surface area (Å²) in [6, 6.07) is 8.32. The quantitative estimate of drug-likeness (QED) is 0.920. The first kappa shape index (κ1) is 16.7. The summed E-state index contributed by atoms with van der Waals surface area (Å²) in [5.41, 5.74) is 1.52. The highest BCUT2D eigenvalue weighted by Gasteiger charge is 2.22. The third-order valence-electron chi connectivity index (χ3n) is 3.64. The summed E-state index contributed by atoms with van der Waals surface area (Å²) >= 11 is 0. The lowest BCUT2D eigenvalue weighted by Gasteiger charge is -2.20. The second-order valence-corrected chi connectivity index (χ2v) is 5.31. The van der Waals surface area contributed by atoms with Gasteiger partial charge in [0.25, 0.3) is 0 Å². The third-order valence-corrected chi connectivity index (χ3v) is 3.64. The fourth-order valence-corrected chi connectivity index (χ4v) is 2.59. The van der Waals surface area contributed by atoms with Crippen molar-refractivity contribution in [3.63, 3.8) is 0 Å². The zero-order valence-electron chi connectivity index (χ0n) is 13.8. The number of nitrogens with one attached hydrogen (secondary N) is 1. The third kappa shape index (κ3) is 3.59. The molecular weight excluding hydrogens is 294 g/mol. The lowest BCUT2D eigenvalue weighted by Crippen LogP contribution is -2.36. The van der Waals surface area contributed by atoms with E-state index in [1.165, 1.54) is 4.57 Å². The summed E-state index contributed by atoms with van der Waals surface area (Å²) in [7, 11) is 1.54. The number of carbonyl (C=O) groups is 1. The molecule has 6 nitrogen and oxygen atoms in total. The van der Waals surface area contributed by atoms with Crippen LogP contribution in [0.3, 0.4) is 0 Å². The van der Waals surface area contributed by atoms with E-state index in [2.05, 4.69) is 10.3 Å². The van der Waals surface area contributed by atoms with Crippen molar-refractivity contribution in [1.29, 1.82) is 0 Å². The Morgan fingerprint density at radius 2 is 2.04 bits per heavy atom. The van der Waals surface area contributed by atoms with Crippen molar-refractivity contribution in [2.45, 2.75) is 33.2 Å². The molecule has 0 bridgehead atoms. The summed E-state index contributed by atoms with van der Waals surface area (Å²) < 4.78 is 6.66. The van der Waals surface area contributed by atoms with Crippen LogP contribution in [0, 0.1) is 13.8 Å². The van der Waals surface area contributed by atoms with Gasteiger partial charge in [0.2, 0.25) is 5.91 Å². The Morgan fingerprint density at radius 3 is 2.65 bits per heavy atom. The standard InChI is InChI=1S/C17H21N3O3/c1-5-14(20-12(3)10-11(2)18-17(20)22)16(21)19-13-8-6-7-9-15(13)23-4/h6-10,14H,5H2,1-4H3,(H,19,21)/t14-/m1/s1. The van der Waals surface area contributed by atoms with E-state index in [-0.39, 0.29) is 5.91 Å². The van der Waals surface area contributed by atoms with Gasteiger partial charge in [0.1, 0.15) is 11.8 Å². The molecule has 1 aromatic heterocycles. The van der Waals surface area contributed by atoms with Crippen molar-refractivity contribution < 1.29 is 9.53 Å². The van der Waals surface area contributed by atoms with E-state index < -0.39 is 11.7 Å². The van der Waals surface area contributed by atoms with Gasteiger partial charge in [0.05, 0.1) is 12.8 Å². The van der Waals surface area contributed by atoms with E-state index in [1.54, 1.807) is 39.2 Å². The van der Waals surface area contributed by atoms with Crippen LogP contribution in [0.5, 0.6) is 5.75 Å². The molecule has 0 unspecified atom stereocenters. The molecule has 122 valence electrons. The second-order valence-electron chi connectivity index (χ2n) is 5.31. The molecule has 6 heteroatoms. The van der Waals surface area contributed by atoms with Crippen molar-refractivity contribution in [2.75, 3.05) is 12.4 Å². The maximum absolute atomic E-state index is 12.6. The van der Waals surface area contributed by atoms with Gasteiger partial charge in [-0.05, 0) is 38.5 Å². The highest BCUT2D eigenvalue weighted by molar-refractivity contribution is 5.95. The molecule has 0 saturated heterocycles. The van der Waals surface area contributed by atoms with Crippen molar-refractivity contribution >= 4 is 11.6 Å². The summed E-state index contributed by atoms with van der Waals surface area (Å²) in [5, 5.41) is 2.83. The van der Waals surface area contributed by atoms with Gasteiger partial charge in [-0.25, -0.2) is 4.79 Å². The molecule has 2 rings (SSSR count). The van der Waals surface area contributed by atoms with E-state index in [0.717, 1.165) is 0 Å². The molecular formula is C17H21N3O3. The van der Waals surface area contributed by atoms with Crippen LogP contribution in [0.15, 0.2) is 35.1 Å². The average molecular weight is 315 g/mol. The molecule has 1 atom stereocenters. The van der Waals surface area contributed by atoms with Crippen LogP contribution in [0.2, 0.25) is 0 Å². The lowest BCUT2D eigenvalue weighted by molar-refractivity contribution is -0.119. The van der Waals surface area contributed by atoms with Gasteiger partial charge in [-0.3, -0.25) is 9.36 Å². The highest BCUT2D eigenvalue weighted by Crippen LogP contribution is 2.24. The van der Waals surface area contributed by atoms with Gasteiger partial charge in [-0.2, -0.15) is 4.98 Å². The Hall–Kier alpha value is -2.63. The van der Waals surface area contributed by atoms with Gasteiger partial charge in [-0.15, -0.1) is 0 Å². The largest absolute Gasteiger partial charge is 0.495 e. The number of carbonyl (C=O) groups excluding carboxylic acids is 1. The molecule has 1 amide bonds. The number of anilines is 1. The van der Waals surface area contributed by atoms with Crippen LogP contribution in [0.4, 0.5) is 5.69 Å². The summed E-state index contributed by atoms with van der Waals surface area (Å²) in [4.78, 5) is 28.8. The van der Waals surface area contributed by atoms with Crippen molar-refractivity contribution in [3.8, 4) is 5.75 Å². The number of para-hydroxylation sites is 2. The molecule has 0 spiro atoms. The molecule has 0 saturated carbocycles. The fraction of sp³-hybridized carbons (Fsp3) is 0.353. The monoisotopic (exact) mass is 315 g/mol. The first-order valence-electron chi connectivity index (χ1n) is 7.48. The Balaban J connectivity index is 2.35. The van der Waals surface area contributed by atoms with Crippen LogP contribution >= 0.6 is 0 Å². The maximum atomic E-state index is 12.6. The molecule has 2 aromatic rings. The molecule has 0 aliphatic rings. The van der Waals surface area contributed by atoms with E-state index in [1.807, 2.05) is 19.1 Å². The molecule has 0 aliphatic carbocycles. The zero-order valence-corrected chi connectivity index (χ0v) is 13.8. The molecule has 1 heterocycles. The molecule has 0 fully saturated rings. The number of rotatable bonds is 5. The SMILES string of the molecule is CC[C@H](C(=O)Nc1ccccc1OC)n1c(C)cc(C)nc1=O. The topological polar surface area (TPSA) is 73.2 Å². The van der Waals surface area contributed by atoms with Crippen LogP contribution < -0.4 is 15.7 Å². The number of hydrogen-bond acceptors (Lipinski definition) is 4. The summed E-state index contributed by atoms with van der Waals surface area (Å²) in [6.45, 7) is 5.42. The van der Waals surface area contributed by atoms with E-state index >= 15 is 0 Å². The lowest BCUT2D eigenvalue weighted by atomic mass is 10.1. The number of nitrogens with zero attached hydrogens (tertiary/aromatic N) is 2.